The molecule has 7 heterocycles. The smallest absolute Gasteiger partial charge is 0.168 e. The summed E-state index contributed by atoms with van der Waals surface area (Å²) in [7, 11) is 0. The van der Waals surface area contributed by atoms with Crippen LogP contribution in [0.3, 0.4) is 0 Å². The van der Waals surface area contributed by atoms with Crippen molar-refractivity contribution in [2.75, 3.05) is 106 Å². The number of nitrogens with zero attached hydrogens (tertiary/aromatic N) is 6. The highest BCUT2D eigenvalue weighted by molar-refractivity contribution is 6.48. The van der Waals surface area contributed by atoms with Gasteiger partial charge in [-0.2, -0.15) is 0 Å². The number of ether oxygens (including phenoxy) is 12. The Bertz CT molecular complexity index is 3770. The maximum absolute atomic E-state index is 7.44. The van der Waals surface area contributed by atoms with Gasteiger partial charge in [-0.15, -0.1) is 0 Å². The van der Waals surface area contributed by atoms with E-state index in [1.54, 1.807) is 0 Å². The molecule has 4 aromatic carbocycles. The van der Waals surface area contributed by atoms with Gasteiger partial charge in [0.1, 0.15) is 89.2 Å². The topological polar surface area (TPSA) is 220 Å². The average Bonchev–Trinajstić information content (AvgIpc) is 1.56. The predicted octanol–water partition coefficient (Wildman–Crippen LogP) is 18.0. The van der Waals surface area contributed by atoms with Gasteiger partial charge in [0, 0.05) is 0 Å². The minimum absolute atomic E-state index is 0.00786. The average molecular weight is 1430 g/mol. The molecule has 7 aromatic rings. The molecule has 0 atom stereocenters. The van der Waals surface area contributed by atoms with Crippen molar-refractivity contribution in [2.45, 2.75) is 105 Å². The second-order valence-corrected chi connectivity index (χ2v) is 24.8. The third-order valence-corrected chi connectivity index (χ3v) is 18.7. The fraction of sp³-hybridized carbons (Fsp3) is 0.500. The number of aromatic amines is 2. The molecule has 28 heteroatoms. The number of rotatable bonds is 20. The Hall–Kier alpha value is -5.20. The molecule has 3 aromatic heterocycles. The first-order chi connectivity index (χ1) is 44.9. The van der Waals surface area contributed by atoms with E-state index in [2.05, 4.69) is 37.7 Å². The minimum Gasteiger partial charge on any atom is -0.491 e. The Balaban J connectivity index is 1.39. The number of fused-ring (bicyclic) bond motifs is 8. The lowest BCUT2D eigenvalue weighted by atomic mass is 10.1. The molecule has 11 rings (SSSR count). The summed E-state index contributed by atoms with van der Waals surface area (Å²) < 4.78 is 77.5. The summed E-state index contributed by atoms with van der Waals surface area (Å²) in [5, 5.41) is 1.39. The monoisotopic (exact) mass is 1420 g/mol. The van der Waals surface area contributed by atoms with Crippen molar-refractivity contribution < 1.29 is 56.8 Å². The van der Waals surface area contributed by atoms with Gasteiger partial charge in [0.15, 0.2) is 69.3 Å². The molecule has 4 aliphatic rings. The van der Waals surface area contributed by atoms with Gasteiger partial charge in [0.2, 0.25) is 0 Å². The van der Waals surface area contributed by atoms with Crippen molar-refractivity contribution in [3.63, 3.8) is 0 Å². The zero-order valence-corrected chi connectivity index (χ0v) is 57.5. The molecule has 2 N–H and O–H groups in total. The zero-order chi connectivity index (χ0) is 64.4. The van der Waals surface area contributed by atoms with Crippen LogP contribution in [0.1, 0.15) is 105 Å². The van der Waals surface area contributed by atoms with Crippen LogP contribution in [0.4, 0.5) is 0 Å². The van der Waals surface area contributed by atoms with Crippen molar-refractivity contribution in [3.05, 3.63) is 40.2 Å². The van der Waals surface area contributed by atoms with Crippen LogP contribution in [0.15, 0.2) is 0 Å². The summed E-state index contributed by atoms with van der Waals surface area (Å²) in [4.78, 5) is 39.5. The minimum atomic E-state index is 0.00786. The van der Waals surface area contributed by atoms with Gasteiger partial charge < -0.3 is 66.8 Å². The summed E-state index contributed by atoms with van der Waals surface area (Å²) in [6, 6.07) is 0. The Morgan fingerprint density at radius 2 is 0.554 bits per heavy atom. The largest absolute Gasteiger partial charge is 0.491 e. The number of hydrogen-bond donors (Lipinski definition) is 2. The van der Waals surface area contributed by atoms with Crippen molar-refractivity contribution in [3.8, 4) is 91.5 Å². The summed E-state index contributed by atoms with van der Waals surface area (Å²) in [6.45, 7) is 10.8. The van der Waals surface area contributed by atoms with Gasteiger partial charge in [-0.1, -0.05) is 172 Å². The number of benzene rings is 4. The quantitative estimate of drug-likeness (QED) is 0.0678. The first-order valence-corrected chi connectivity index (χ1v) is 34.3. The highest BCUT2D eigenvalue weighted by Crippen LogP contribution is 2.58. The van der Waals surface area contributed by atoms with E-state index in [-0.39, 0.29) is 271 Å². The lowest BCUT2D eigenvalue weighted by molar-refractivity contribution is 0.0276. The molecule has 0 saturated heterocycles. The van der Waals surface area contributed by atoms with E-state index in [0.29, 0.717) is 36.5 Å². The Morgan fingerprint density at radius 3 is 0.880 bits per heavy atom. The molecule has 0 radical (unpaired) electrons. The molecule has 0 unspecified atom stereocenters. The molecule has 0 fully saturated rings. The van der Waals surface area contributed by atoms with E-state index in [1.807, 2.05) is 0 Å². The van der Waals surface area contributed by atoms with Crippen molar-refractivity contribution in [1.29, 1.82) is 0 Å². The number of nitrogens with one attached hydrogen (secondary N) is 2. The van der Waals surface area contributed by atoms with Gasteiger partial charge in [0.05, 0.1) is 123 Å². The molecular formula is C64H70Cl8N8O12. The lowest BCUT2D eigenvalue weighted by Gasteiger charge is -2.18. The Labute approximate surface area is 572 Å². The van der Waals surface area contributed by atoms with Crippen molar-refractivity contribution in [2.24, 2.45) is 0 Å². The molecule has 92 heavy (non-hydrogen) atoms. The normalized spacial score (nSPS) is 14.7. The van der Waals surface area contributed by atoms with Crippen LogP contribution in [-0.4, -0.2) is 146 Å². The second kappa shape index (κ2) is 32.0. The van der Waals surface area contributed by atoms with E-state index in [1.165, 1.54) is 0 Å². The number of hydrogen-bond acceptors (Lipinski definition) is 18. The van der Waals surface area contributed by atoms with Gasteiger partial charge in [-0.3, -0.25) is 0 Å². The number of unbranched alkanes of at least 4 members (excludes halogenated alkanes) is 8. The molecule has 0 saturated carbocycles. The Morgan fingerprint density at radius 1 is 0.293 bits per heavy atom. The SMILES string of the molecule is CCCCCOc1c(Cl)c(Cl)c2c3c1-c1nc-3nc3[nH]c(nc4nc5nc6[nH]c(n1)c1c(OCCCCC)c(Cl)c(Cl)c(c61)OCCOCCOCCOc1c(Cl)c(Cl)c(OCCCCC)c-4c1-5)c1c(OCCCCC)c(Cl)c(Cl)c(c31)OCCOCCOCCO2. The van der Waals surface area contributed by atoms with Crippen LogP contribution >= 0.6 is 92.8 Å². The van der Waals surface area contributed by atoms with Gasteiger partial charge in [-0.25, -0.2) is 29.9 Å². The molecule has 0 aliphatic carbocycles. The highest BCUT2D eigenvalue weighted by Gasteiger charge is 2.38. The molecule has 8 bridgehead atoms. The standard InChI is InChI=1S/C64H70Cl8N8O12/c1-5-9-13-17-85-49-33-37-53(45(69)41(49)65)89-29-25-81-21-22-82-27-31-91-55-39-35(51(43(67)47(55)71)87-19-15-11-7-3)59-74-60-36-40-56(48(72)44(68)52(36)88-20-16-12-8-4)92-32-28-84-24-23-83-26-30-90-54-38-34(50(42(66)46(54)70)86-18-14-10-6-2)58(76-63(38)80-64(40)78-60)73-57(33)75-61(37)79-62(39)77-59/h5-32H2,1-4H3,(H2,73,74,75,76,77,78,79,80). The maximum Gasteiger partial charge on any atom is 0.168 e. The Kier molecular flexibility index (Phi) is 23.7. The van der Waals surface area contributed by atoms with Crippen LogP contribution in [0.2, 0.25) is 40.2 Å². The summed E-state index contributed by atoms with van der Waals surface area (Å²) in [6.07, 6.45) is 9.79. The van der Waals surface area contributed by atoms with Gasteiger partial charge >= 0.3 is 0 Å². The fourth-order valence-corrected chi connectivity index (χ4v) is 12.8. The zero-order valence-electron chi connectivity index (χ0n) is 51.4. The third-order valence-electron chi connectivity index (χ3n) is 15.4. The first kappa shape index (κ1) is 68.2. The second-order valence-electron chi connectivity index (χ2n) is 21.8. The van der Waals surface area contributed by atoms with Crippen molar-refractivity contribution in [1.82, 2.24) is 39.9 Å². The molecule has 494 valence electrons. The predicted molar refractivity (Wildman–Crippen MR) is 361 cm³/mol. The fourth-order valence-electron chi connectivity index (χ4n) is 11.0. The summed E-state index contributed by atoms with van der Waals surface area (Å²) in [5.74, 6) is 1.21. The van der Waals surface area contributed by atoms with E-state index < -0.39 is 0 Å². The van der Waals surface area contributed by atoms with Gasteiger partial charge in [-0.05, 0) is 25.7 Å². The van der Waals surface area contributed by atoms with E-state index >= 15 is 0 Å². The lowest BCUT2D eigenvalue weighted by Crippen LogP contribution is -2.14. The molecule has 20 nitrogen and oxygen atoms in total. The maximum atomic E-state index is 7.44. The number of aromatic nitrogens is 8. The summed E-state index contributed by atoms with van der Waals surface area (Å²) >= 11 is 59.5. The van der Waals surface area contributed by atoms with Crippen LogP contribution < -0.4 is 37.9 Å². The summed E-state index contributed by atoms with van der Waals surface area (Å²) in [5.41, 5.74) is 1.54. The third kappa shape index (κ3) is 14.2. The molecule has 4 aliphatic heterocycles. The number of H-pyrrole nitrogens is 2. The molecular weight excluding hydrogens is 1360 g/mol. The van der Waals surface area contributed by atoms with Crippen LogP contribution in [0.25, 0.3) is 89.7 Å². The van der Waals surface area contributed by atoms with Crippen LogP contribution in [-0.2, 0) is 18.9 Å². The number of halogens is 8. The van der Waals surface area contributed by atoms with Crippen molar-refractivity contribution >= 4 is 137 Å². The van der Waals surface area contributed by atoms with E-state index in [4.69, 9.17) is 180 Å². The van der Waals surface area contributed by atoms with Crippen LogP contribution in [0, 0.1) is 0 Å². The van der Waals surface area contributed by atoms with Gasteiger partial charge in [0.25, 0.3) is 0 Å². The highest BCUT2D eigenvalue weighted by atomic mass is 35.5. The molecule has 0 spiro atoms. The first-order valence-electron chi connectivity index (χ1n) is 31.3. The van der Waals surface area contributed by atoms with E-state index in [0.717, 1.165) is 51.4 Å². The van der Waals surface area contributed by atoms with Crippen LogP contribution in [0.5, 0.6) is 46.0 Å². The molecule has 0 amide bonds. The van der Waals surface area contributed by atoms with E-state index in [9.17, 15) is 0 Å².